The largest absolute Gasteiger partial charge is 0.455 e. The Labute approximate surface area is 382 Å². The first-order valence-electron chi connectivity index (χ1n) is 22.7. The Morgan fingerprint density at radius 2 is 0.818 bits per heavy atom. The third-order valence-electron chi connectivity index (χ3n) is 13.4. The van der Waals surface area contributed by atoms with Gasteiger partial charge in [-0.2, -0.15) is 0 Å². The molecule has 0 aliphatic heterocycles. The minimum atomic E-state index is 0.892. The lowest BCUT2D eigenvalue weighted by Gasteiger charge is -2.27. The number of benzene rings is 12. The van der Waals surface area contributed by atoms with Crippen LogP contribution >= 0.6 is 0 Å². The molecule has 0 atom stereocenters. The smallest absolute Gasteiger partial charge is 0.143 e. The van der Waals surface area contributed by atoms with Crippen LogP contribution in [0.5, 0.6) is 0 Å². The molecule has 66 heavy (non-hydrogen) atoms. The molecule has 0 N–H and O–H groups in total. The van der Waals surface area contributed by atoms with Gasteiger partial charge in [0, 0.05) is 33.2 Å². The van der Waals surface area contributed by atoms with Crippen LogP contribution in [0.15, 0.2) is 253 Å². The molecule has 0 unspecified atom stereocenters. The normalized spacial score (nSPS) is 11.6. The van der Waals surface area contributed by atoms with Gasteiger partial charge in [0.1, 0.15) is 11.2 Å². The summed E-state index contributed by atoms with van der Waals surface area (Å²) in [5.41, 5.74) is 14.5. The molecule has 13 rings (SSSR count). The van der Waals surface area contributed by atoms with Gasteiger partial charge in [-0.1, -0.05) is 194 Å². The Hall–Kier alpha value is -8.72. The highest BCUT2D eigenvalue weighted by molar-refractivity contribution is 6.22. The molecule has 0 saturated carbocycles. The van der Waals surface area contributed by atoms with Crippen molar-refractivity contribution in [1.82, 2.24) is 0 Å². The van der Waals surface area contributed by atoms with Gasteiger partial charge in [0.15, 0.2) is 0 Å². The number of hydrogen-bond donors (Lipinski definition) is 0. The van der Waals surface area contributed by atoms with E-state index in [0.29, 0.717) is 0 Å². The molecule has 12 aromatic carbocycles. The maximum absolute atomic E-state index is 6.61. The minimum absolute atomic E-state index is 0.892. The van der Waals surface area contributed by atoms with E-state index in [2.05, 4.69) is 254 Å². The van der Waals surface area contributed by atoms with E-state index in [9.17, 15) is 0 Å². The van der Waals surface area contributed by atoms with Crippen molar-refractivity contribution in [2.75, 3.05) is 4.90 Å². The van der Waals surface area contributed by atoms with Crippen molar-refractivity contribution in [3.8, 4) is 44.5 Å². The van der Waals surface area contributed by atoms with E-state index in [-0.39, 0.29) is 0 Å². The van der Waals surface area contributed by atoms with Crippen LogP contribution in [-0.4, -0.2) is 0 Å². The minimum Gasteiger partial charge on any atom is -0.455 e. The van der Waals surface area contributed by atoms with Crippen LogP contribution in [0.3, 0.4) is 0 Å². The summed E-state index contributed by atoms with van der Waals surface area (Å²) in [6.07, 6.45) is 0. The molecule has 2 nitrogen and oxygen atoms in total. The van der Waals surface area contributed by atoms with Gasteiger partial charge < -0.3 is 9.32 Å². The number of furan rings is 1. The molecular weight excluding hydrogens is 799 g/mol. The highest BCUT2D eigenvalue weighted by Gasteiger charge is 2.21. The lowest BCUT2D eigenvalue weighted by molar-refractivity contribution is 0.673. The van der Waals surface area contributed by atoms with Crippen molar-refractivity contribution in [3.63, 3.8) is 0 Å². The van der Waals surface area contributed by atoms with Gasteiger partial charge in [0.2, 0.25) is 0 Å². The van der Waals surface area contributed by atoms with Gasteiger partial charge in [0.05, 0.1) is 0 Å². The van der Waals surface area contributed by atoms with Crippen molar-refractivity contribution in [3.05, 3.63) is 249 Å². The second-order valence-corrected chi connectivity index (χ2v) is 17.2. The highest BCUT2D eigenvalue weighted by Crippen LogP contribution is 2.48. The van der Waals surface area contributed by atoms with E-state index in [1.807, 2.05) is 0 Å². The topological polar surface area (TPSA) is 16.4 Å². The molecule has 0 fully saturated rings. The molecule has 0 aliphatic rings. The third kappa shape index (κ3) is 6.26. The molecule has 1 heterocycles. The van der Waals surface area contributed by atoms with Crippen molar-refractivity contribution in [2.24, 2.45) is 0 Å². The summed E-state index contributed by atoms with van der Waals surface area (Å²) in [4.78, 5) is 2.42. The fourth-order valence-electron chi connectivity index (χ4n) is 10.4. The van der Waals surface area contributed by atoms with Crippen LogP contribution in [0.25, 0.3) is 110 Å². The second kappa shape index (κ2) is 15.5. The van der Waals surface area contributed by atoms with Gasteiger partial charge >= 0.3 is 0 Å². The number of hydrogen-bond acceptors (Lipinski definition) is 2. The van der Waals surface area contributed by atoms with Crippen molar-refractivity contribution in [1.29, 1.82) is 0 Å². The molecule has 13 aromatic rings. The van der Waals surface area contributed by atoms with E-state index < -0.39 is 0 Å². The van der Waals surface area contributed by atoms with Crippen molar-refractivity contribution >= 4 is 82.1 Å². The van der Waals surface area contributed by atoms with E-state index in [1.165, 1.54) is 65.5 Å². The van der Waals surface area contributed by atoms with Crippen molar-refractivity contribution < 1.29 is 4.42 Å². The first kappa shape index (κ1) is 37.8. The van der Waals surface area contributed by atoms with E-state index in [0.717, 1.165) is 61.1 Å². The second-order valence-electron chi connectivity index (χ2n) is 17.2. The Morgan fingerprint density at radius 1 is 0.273 bits per heavy atom. The Kier molecular flexibility index (Phi) is 8.89. The first-order chi connectivity index (χ1) is 32.7. The molecule has 308 valence electrons. The quantitative estimate of drug-likeness (QED) is 0.149. The Bertz CT molecular complexity index is 3980. The Balaban J connectivity index is 1.03. The molecular formula is C64H41NO. The monoisotopic (exact) mass is 839 g/mol. The fourth-order valence-corrected chi connectivity index (χ4v) is 10.4. The molecule has 0 amide bonds. The van der Waals surface area contributed by atoms with Crippen LogP contribution in [0.1, 0.15) is 0 Å². The van der Waals surface area contributed by atoms with Gasteiger partial charge in [-0.25, -0.2) is 0 Å². The molecule has 0 aliphatic carbocycles. The number of anilines is 3. The summed E-state index contributed by atoms with van der Waals surface area (Å²) in [6.45, 7) is 0. The summed E-state index contributed by atoms with van der Waals surface area (Å²) >= 11 is 0. The average Bonchev–Trinajstić information content (AvgIpc) is 3.79. The van der Waals surface area contributed by atoms with Gasteiger partial charge in [-0.3, -0.25) is 0 Å². The van der Waals surface area contributed by atoms with Gasteiger partial charge in [-0.05, 0) is 137 Å². The van der Waals surface area contributed by atoms with Crippen LogP contribution in [0, 0.1) is 0 Å². The molecule has 0 saturated heterocycles. The van der Waals surface area contributed by atoms with Gasteiger partial charge in [0.25, 0.3) is 0 Å². The van der Waals surface area contributed by atoms with E-state index in [1.54, 1.807) is 0 Å². The van der Waals surface area contributed by atoms with E-state index in [4.69, 9.17) is 4.42 Å². The zero-order valence-electron chi connectivity index (χ0n) is 36.0. The maximum Gasteiger partial charge on any atom is 0.143 e. The SMILES string of the molecule is c1ccc(-c2c(-c3ccccc3)c3cc(N(c4ccc(-c5cccc6oc7c8ccccc8ccc7c56)cc4)c4cccc(-c5ccc6ccccc6c5)c4)ccc3c3ccccc23)cc1. The summed E-state index contributed by atoms with van der Waals surface area (Å²) in [5.74, 6) is 0. The first-order valence-corrected chi connectivity index (χ1v) is 22.7. The Morgan fingerprint density at radius 3 is 1.61 bits per heavy atom. The molecule has 0 bridgehead atoms. The lowest BCUT2D eigenvalue weighted by Crippen LogP contribution is -2.10. The molecule has 1 aromatic heterocycles. The summed E-state index contributed by atoms with van der Waals surface area (Å²) < 4.78 is 6.61. The molecule has 0 radical (unpaired) electrons. The highest BCUT2D eigenvalue weighted by atomic mass is 16.3. The van der Waals surface area contributed by atoms with Crippen LogP contribution < -0.4 is 4.90 Å². The maximum atomic E-state index is 6.61. The van der Waals surface area contributed by atoms with Crippen LogP contribution in [0.2, 0.25) is 0 Å². The molecule has 0 spiro atoms. The molecule has 2 heteroatoms. The summed E-state index contributed by atoms with van der Waals surface area (Å²) in [6, 6.07) is 90.4. The predicted octanol–water partition coefficient (Wildman–Crippen LogP) is 18.3. The average molecular weight is 840 g/mol. The summed E-state index contributed by atoms with van der Waals surface area (Å²) in [5, 5.41) is 11.9. The zero-order valence-corrected chi connectivity index (χ0v) is 36.0. The fraction of sp³-hybridized carbons (Fsp3) is 0. The van der Waals surface area contributed by atoms with Crippen LogP contribution in [-0.2, 0) is 0 Å². The van der Waals surface area contributed by atoms with Gasteiger partial charge in [-0.15, -0.1) is 0 Å². The summed E-state index contributed by atoms with van der Waals surface area (Å²) in [7, 11) is 0. The zero-order chi connectivity index (χ0) is 43.6. The van der Waals surface area contributed by atoms with E-state index >= 15 is 0 Å². The lowest BCUT2D eigenvalue weighted by atomic mass is 9.85. The number of fused-ring (bicyclic) bond motifs is 9. The third-order valence-corrected chi connectivity index (χ3v) is 13.4. The number of nitrogens with zero attached hydrogens (tertiary/aromatic N) is 1. The van der Waals surface area contributed by atoms with Crippen molar-refractivity contribution in [2.45, 2.75) is 0 Å². The van der Waals surface area contributed by atoms with Crippen LogP contribution in [0.4, 0.5) is 17.1 Å². The standard InChI is InChI=1S/C64H41NO/c1-3-17-45(18-4-1)61-57-26-12-11-25-55(57)56-38-36-52(41-59(56)62(61)46-19-5-2-6-20-46)65(51-23-13-22-48(40-51)49-30-29-42-15-7-8-21-47(42)39-49)50-34-31-44(32-35-50)53-27-14-28-60-63(53)58-37-33-43-16-9-10-24-54(43)64(58)66-60/h1-41H. The number of rotatable bonds is 7. The predicted molar refractivity (Wildman–Crippen MR) is 280 cm³/mol.